The molecular formula is C23H24N6O3. The van der Waals surface area contributed by atoms with Gasteiger partial charge >= 0.3 is 0 Å². The highest BCUT2D eigenvalue weighted by Crippen LogP contribution is 2.24. The quantitative estimate of drug-likeness (QED) is 0.453. The lowest BCUT2D eigenvalue weighted by Crippen LogP contribution is -2.32. The maximum Gasteiger partial charge on any atom is 0.251 e. The van der Waals surface area contributed by atoms with Crippen LogP contribution in [0.3, 0.4) is 0 Å². The Labute approximate surface area is 185 Å². The van der Waals surface area contributed by atoms with Crippen molar-refractivity contribution in [3.8, 4) is 17.1 Å². The smallest absolute Gasteiger partial charge is 0.251 e. The maximum atomic E-state index is 12.8. The minimum absolute atomic E-state index is 0.0464. The highest BCUT2D eigenvalue weighted by molar-refractivity contribution is 5.94. The molecule has 0 radical (unpaired) electrons. The van der Waals surface area contributed by atoms with E-state index in [0.717, 1.165) is 11.4 Å². The number of carbonyl (C=O) groups is 1. The third-order valence-electron chi connectivity index (χ3n) is 5.00. The van der Waals surface area contributed by atoms with Crippen LogP contribution in [0.25, 0.3) is 11.4 Å². The lowest BCUT2D eigenvalue weighted by molar-refractivity contribution is 0.0914. The average molecular weight is 432 g/mol. The Morgan fingerprint density at radius 3 is 2.53 bits per heavy atom. The zero-order valence-electron chi connectivity index (χ0n) is 18.1. The van der Waals surface area contributed by atoms with Crippen molar-refractivity contribution in [3.63, 3.8) is 0 Å². The van der Waals surface area contributed by atoms with E-state index in [-0.39, 0.29) is 11.8 Å². The molecule has 3 aromatic heterocycles. The van der Waals surface area contributed by atoms with E-state index in [2.05, 4.69) is 25.4 Å². The van der Waals surface area contributed by atoms with Crippen molar-refractivity contribution in [1.82, 2.24) is 30.0 Å². The van der Waals surface area contributed by atoms with Gasteiger partial charge in [0.05, 0.1) is 0 Å². The number of imidazole rings is 1. The minimum Gasteiger partial charge on any atom is -0.486 e. The van der Waals surface area contributed by atoms with E-state index >= 15 is 0 Å². The Balaban J connectivity index is 1.42. The molecule has 1 aromatic carbocycles. The molecule has 0 saturated carbocycles. The van der Waals surface area contributed by atoms with Crippen LogP contribution in [0.2, 0.25) is 0 Å². The van der Waals surface area contributed by atoms with Crippen LogP contribution in [0.1, 0.15) is 42.0 Å². The van der Waals surface area contributed by atoms with Gasteiger partial charge in [-0.1, -0.05) is 19.0 Å². The second-order valence-electron chi connectivity index (χ2n) is 7.65. The Hall–Kier alpha value is -4.01. The number of aryl methyl sites for hydroxylation is 1. The van der Waals surface area contributed by atoms with Crippen LogP contribution >= 0.6 is 0 Å². The van der Waals surface area contributed by atoms with Gasteiger partial charge in [-0.2, -0.15) is 4.98 Å². The zero-order valence-corrected chi connectivity index (χ0v) is 18.1. The van der Waals surface area contributed by atoms with Crippen LogP contribution < -0.4 is 10.1 Å². The fourth-order valence-electron chi connectivity index (χ4n) is 3.10. The third kappa shape index (κ3) is 4.83. The number of pyridine rings is 1. The molecule has 9 nitrogen and oxygen atoms in total. The largest absolute Gasteiger partial charge is 0.486 e. The summed E-state index contributed by atoms with van der Waals surface area (Å²) in [6.45, 7) is 4.31. The Kier molecular flexibility index (Phi) is 6.25. The van der Waals surface area contributed by atoms with E-state index in [1.165, 1.54) is 0 Å². The molecule has 1 atom stereocenters. The fraction of sp³-hybridized carbons (Fsp3) is 0.261. The summed E-state index contributed by atoms with van der Waals surface area (Å²) in [6, 6.07) is 10.1. The van der Waals surface area contributed by atoms with Gasteiger partial charge in [-0.05, 0) is 42.3 Å². The monoisotopic (exact) mass is 432 g/mol. The normalized spacial score (nSPS) is 12.0. The van der Waals surface area contributed by atoms with Crippen molar-refractivity contribution < 1.29 is 14.1 Å². The molecule has 1 unspecified atom stereocenters. The standard InChI is InChI=1S/C23H24N6O3/c1-15(2)20(23-27-21(28-32-23)16-8-10-24-11-9-16)26-22(30)17-4-6-18(7-5-17)31-14-19-25-12-13-29(19)3/h4-13,15,20H,14H2,1-3H3,(H,26,30). The molecule has 1 N–H and O–H groups in total. The van der Waals surface area contributed by atoms with Gasteiger partial charge in [-0.15, -0.1) is 0 Å². The minimum atomic E-state index is -0.426. The molecule has 32 heavy (non-hydrogen) atoms. The number of nitrogens with one attached hydrogen (secondary N) is 1. The number of hydrogen-bond acceptors (Lipinski definition) is 7. The molecule has 0 fully saturated rings. The average Bonchev–Trinajstić information content (AvgIpc) is 3.46. The Bertz CT molecular complexity index is 1170. The van der Waals surface area contributed by atoms with Crippen LogP contribution in [0, 0.1) is 5.92 Å². The molecule has 4 aromatic rings. The van der Waals surface area contributed by atoms with E-state index < -0.39 is 6.04 Å². The molecule has 4 rings (SSSR count). The first-order chi connectivity index (χ1) is 15.5. The summed E-state index contributed by atoms with van der Waals surface area (Å²) in [5.74, 6) is 2.10. The molecule has 0 spiro atoms. The SMILES string of the molecule is CC(C)C(NC(=O)c1ccc(OCc2nccn2C)cc1)c1nc(-c2ccncc2)no1. The molecule has 0 aliphatic heterocycles. The topological polar surface area (TPSA) is 108 Å². The Morgan fingerprint density at radius 1 is 1.12 bits per heavy atom. The molecule has 0 aliphatic rings. The first-order valence-corrected chi connectivity index (χ1v) is 10.2. The Morgan fingerprint density at radius 2 is 1.88 bits per heavy atom. The lowest BCUT2D eigenvalue weighted by atomic mass is 10.0. The molecule has 9 heteroatoms. The molecule has 1 amide bonds. The van der Waals surface area contributed by atoms with E-state index in [1.54, 1.807) is 55.0 Å². The number of rotatable bonds is 8. The summed E-state index contributed by atoms with van der Waals surface area (Å²) in [6.07, 6.45) is 6.91. The van der Waals surface area contributed by atoms with Gasteiger partial charge < -0.3 is 19.1 Å². The summed E-state index contributed by atoms with van der Waals surface area (Å²) in [4.78, 5) is 25.5. The van der Waals surface area contributed by atoms with Crippen molar-refractivity contribution in [3.05, 3.63) is 78.5 Å². The van der Waals surface area contributed by atoms with Crippen molar-refractivity contribution >= 4 is 5.91 Å². The number of ether oxygens (including phenoxy) is 1. The zero-order chi connectivity index (χ0) is 22.5. The van der Waals surface area contributed by atoms with Crippen molar-refractivity contribution in [2.24, 2.45) is 13.0 Å². The van der Waals surface area contributed by atoms with Crippen molar-refractivity contribution in [1.29, 1.82) is 0 Å². The number of aromatic nitrogens is 5. The van der Waals surface area contributed by atoms with E-state index in [4.69, 9.17) is 9.26 Å². The van der Waals surface area contributed by atoms with Crippen LogP contribution in [0.5, 0.6) is 5.75 Å². The summed E-state index contributed by atoms with van der Waals surface area (Å²) >= 11 is 0. The van der Waals surface area contributed by atoms with E-state index in [1.807, 2.05) is 31.7 Å². The number of hydrogen-bond donors (Lipinski definition) is 1. The first kappa shape index (κ1) is 21.2. The number of nitrogens with zero attached hydrogens (tertiary/aromatic N) is 5. The maximum absolute atomic E-state index is 12.8. The fourth-order valence-corrected chi connectivity index (χ4v) is 3.10. The summed E-state index contributed by atoms with van der Waals surface area (Å²) in [7, 11) is 1.91. The highest BCUT2D eigenvalue weighted by atomic mass is 16.5. The van der Waals surface area contributed by atoms with Crippen LogP contribution in [-0.4, -0.2) is 30.6 Å². The van der Waals surface area contributed by atoms with Gasteiger partial charge in [0.25, 0.3) is 5.91 Å². The molecule has 164 valence electrons. The lowest BCUT2D eigenvalue weighted by Gasteiger charge is -2.18. The van der Waals surface area contributed by atoms with Crippen molar-refractivity contribution in [2.45, 2.75) is 26.5 Å². The van der Waals surface area contributed by atoms with E-state index in [9.17, 15) is 4.79 Å². The number of carbonyl (C=O) groups excluding carboxylic acids is 1. The number of amides is 1. The van der Waals surface area contributed by atoms with Crippen molar-refractivity contribution in [2.75, 3.05) is 0 Å². The summed E-state index contributed by atoms with van der Waals surface area (Å²) in [5, 5.41) is 7.03. The predicted octanol–water partition coefficient (Wildman–Crippen LogP) is 3.57. The number of benzene rings is 1. The third-order valence-corrected chi connectivity index (χ3v) is 5.00. The van der Waals surface area contributed by atoms with E-state index in [0.29, 0.717) is 29.6 Å². The molecule has 0 saturated heterocycles. The first-order valence-electron chi connectivity index (χ1n) is 10.2. The molecule has 0 bridgehead atoms. The van der Waals surface area contributed by atoms with Gasteiger partial charge in [0.15, 0.2) is 0 Å². The van der Waals surface area contributed by atoms with Gasteiger partial charge in [-0.25, -0.2) is 4.98 Å². The second-order valence-corrected chi connectivity index (χ2v) is 7.65. The van der Waals surface area contributed by atoms with Gasteiger partial charge in [0.2, 0.25) is 11.7 Å². The van der Waals surface area contributed by atoms with Crippen LogP contribution in [0.4, 0.5) is 0 Å². The second kappa shape index (κ2) is 9.42. The summed E-state index contributed by atoms with van der Waals surface area (Å²) in [5.41, 5.74) is 1.30. The summed E-state index contributed by atoms with van der Waals surface area (Å²) < 4.78 is 13.1. The molecular weight excluding hydrogens is 408 g/mol. The predicted molar refractivity (Wildman–Crippen MR) is 117 cm³/mol. The van der Waals surface area contributed by atoms with Gasteiger partial charge in [0, 0.05) is 43.0 Å². The van der Waals surface area contributed by atoms with Gasteiger partial charge in [-0.3, -0.25) is 9.78 Å². The highest BCUT2D eigenvalue weighted by Gasteiger charge is 2.25. The molecule has 3 heterocycles. The van der Waals surface area contributed by atoms with Crippen LogP contribution in [0.15, 0.2) is 65.7 Å². The molecule has 0 aliphatic carbocycles. The van der Waals surface area contributed by atoms with Crippen LogP contribution in [-0.2, 0) is 13.7 Å². The van der Waals surface area contributed by atoms with Gasteiger partial charge in [0.1, 0.15) is 24.2 Å².